The van der Waals surface area contributed by atoms with Gasteiger partial charge in [0.2, 0.25) is 0 Å². The Kier molecular flexibility index (Phi) is 4.62. The quantitative estimate of drug-likeness (QED) is 0.718. The minimum Gasteiger partial charge on any atom is -0.370 e. The Morgan fingerprint density at radius 1 is 1.38 bits per heavy atom. The summed E-state index contributed by atoms with van der Waals surface area (Å²) in [6.45, 7) is 6.05. The summed E-state index contributed by atoms with van der Waals surface area (Å²) in [7, 11) is 0. The van der Waals surface area contributed by atoms with Gasteiger partial charge in [0.1, 0.15) is 11.9 Å². The maximum absolute atomic E-state index is 13.4. The Bertz CT molecular complexity index is 361. The molecule has 0 spiro atoms. The maximum Gasteiger partial charge on any atom is 0.194 e. The van der Waals surface area contributed by atoms with Crippen molar-refractivity contribution in [2.24, 2.45) is 5.92 Å². The van der Waals surface area contributed by atoms with Crippen molar-refractivity contribution in [2.75, 3.05) is 6.61 Å². The lowest BCUT2D eigenvalue weighted by Gasteiger charge is -2.19. The van der Waals surface area contributed by atoms with Crippen LogP contribution in [0.2, 0.25) is 0 Å². The van der Waals surface area contributed by atoms with Crippen LogP contribution in [0.5, 0.6) is 0 Å². The van der Waals surface area contributed by atoms with E-state index in [0.717, 1.165) is 0 Å². The van der Waals surface area contributed by atoms with E-state index in [1.54, 1.807) is 12.1 Å². The second kappa shape index (κ2) is 5.75. The van der Waals surface area contributed by atoms with Crippen LogP contribution in [0.1, 0.15) is 31.1 Å². The van der Waals surface area contributed by atoms with Gasteiger partial charge in [-0.05, 0) is 25.0 Å². The molecule has 0 radical (unpaired) electrons. The van der Waals surface area contributed by atoms with Gasteiger partial charge in [-0.1, -0.05) is 26.0 Å². The van der Waals surface area contributed by atoms with Crippen LogP contribution in [0.3, 0.4) is 0 Å². The van der Waals surface area contributed by atoms with E-state index in [-0.39, 0.29) is 17.3 Å². The first kappa shape index (κ1) is 12.8. The molecule has 1 rings (SSSR count). The van der Waals surface area contributed by atoms with Crippen LogP contribution >= 0.6 is 0 Å². The summed E-state index contributed by atoms with van der Waals surface area (Å²) in [5.74, 6) is -0.736. The predicted octanol–water partition coefficient (Wildman–Crippen LogP) is 3.07. The number of Topliss-reactive ketones (excluding diaryl/α,β-unsaturated/α-hetero) is 1. The first-order valence-electron chi connectivity index (χ1n) is 5.48. The van der Waals surface area contributed by atoms with Gasteiger partial charge < -0.3 is 4.74 Å². The molecule has 0 aliphatic rings. The molecule has 1 aromatic carbocycles. The average Bonchev–Trinajstić information content (AvgIpc) is 2.25. The second-order valence-electron chi connectivity index (χ2n) is 3.96. The van der Waals surface area contributed by atoms with Crippen molar-refractivity contribution in [1.29, 1.82) is 0 Å². The molecular formula is C13H17FO2. The lowest BCUT2D eigenvalue weighted by molar-refractivity contribution is 0.0276. The molecule has 0 N–H and O–H groups in total. The van der Waals surface area contributed by atoms with Gasteiger partial charge >= 0.3 is 0 Å². The average molecular weight is 224 g/mol. The van der Waals surface area contributed by atoms with Crippen LogP contribution in [0.25, 0.3) is 0 Å². The standard InChI is InChI=1S/C13H17FO2/c1-4-16-13(9(2)3)12(15)10-7-5-6-8-11(10)14/h5-9,13H,4H2,1-3H3. The van der Waals surface area contributed by atoms with Crippen molar-refractivity contribution >= 4 is 5.78 Å². The zero-order chi connectivity index (χ0) is 12.1. The van der Waals surface area contributed by atoms with E-state index in [9.17, 15) is 9.18 Å². The first-order valence-corrected chi connectivity index (χ1v) is 5.48. The summed E-state index contributed by atoms with van der Waals surface area (Å²) in [4.78, 5) is 12.0. The van der Waals surface area contributed by atoms with Crippen LogP contribution in [0, 0.1) is 11.7 Å². The summed E-state index contributed by atoms with van der Waals surface area (Å²) >= 11 is 0. The highest BCUT2D eigenvalue weighted by Gasteiger charge is 2.25. The van der Waals surface area contributed by atoms with E-state index < -0.39 is 11.9 Å². The molecule has 0 aliphatic carbocycles. The summed E-state index contributed by atoms with van der Waals surface area (Å²) in [6.07, 6.45) is -0.568. The van der Waals surface area contributed by atoms with Gasteiger partial charge in [-0.3, -0.25) is 4.79 Å². The van der Waals surface area contributed by atoms with Crippen molar-refractivity contribution in [2.45, 2.75) is 26.9 Å². The van der Waals surface area contributed by atoms with Gasteiger partial charge in [0.15, 0.2) is 5.78 Å². The molecule has 88 valence electrons. The minimum absolute atomic E-state index is 0.0343. The molecule has 0 amide bonds. The van der Waals surface area contributed by atoms with Gasteiger partial charge in [0.05, 0.1) is 5.56 Å². The molecule has 1 aromatic rings. The highest BCUT2D eigenvalue weighted by atomic mass is 19.1. The third-order valence-electron chi connectivity index (χ3n) is 2.35. The Morgan fingerprint density at radius 2 is 2.00 bits per heavy atom. The molecule has 0 aliphatic heterocycles. The van der Waals surface area contributed by atoms with Crippen LogP contribution < -0.4 is 0 Å². The fraction of sp³-hybridized carbons (Fsp3) is 0.462. The van der Waals surface area contributed by atoms with E-state index >= 15 is 0 Å². The summed E-state index contributed by atoms with van der Waals surface area (Å²) in [5.41, 5.74) is 0.106. The zero-order valence-corrected chi connectivity index (χ0v) is 9.87. The van der Waals surface area contributed by atoms with Crippen molar-refractivity contribution in [3.8, 4) is 0 Å². The van der Waals surface area contributed by atoms with Crippen LogP contribution in [0.4, 0.5) is 4.39 Å². The van der Waals surface area contributed by atoms with E-state index in [0.29, 0.717) is 6.61 Å². The number of carbonyl (C=O) groups is 1. The second-order valence-corrected chi connectivity index (χ2v) is 3.96. The van der Waals surface area contributed by atoms with Gasteiger partial charge in [-0.15, -0.1) is 0 Å². The summed E-state index contributed by atoms with van der Waals surface area (Å²) in [5, 5.41) is 0. The molecule has 1 unspecified atom stereocenters. The van der Waals surface area contributed by atoms with E-state index in [2.05, 4.69) is 0 Å². The topological polar surface area (TPSA) is 26.3 Å². The zero-order valence-electron chi connectivity index (χ0n) is 9.87. The number of rotatable bonds is 5. The molecule has 0 saturated heterocycles. The third-order valence-corrected chi connectivity index (χ3v) is 2.35. The number of hydrogen-bond donors (Lipinski definition) is 0. The highest BCUT2D eigenvalue weighted by molar-refractivity contribution is 5.99. The first-order chi connectivity index (χ1) is 7.57. The SMILES string of the molecule is CCOC(C(=O)c1ccccc1F)C(C)C. The lowest BCUT2D eigenvalue weighted by atomic mass is 9.97. The minimum atomic E-state index is -0.568. The molecule has 0 bridgehead atoms. The smallest absolute Gasteiger partial charge is 0.194 e. The van der Waals surface area contributed by atoms with Gasteiger partial charge in [0.25, 0.3) is 0 Å². The fourth-order valence-corrected chi connectivity index (χ4v) is 1.56. The number of ether oxygens (including phenoxy) is 1. The van der Waals surface area contributed by atoms with E-state index in [4.69, 9.17) is 4.74 Å². The van der Waals surface area contributed by atoms with Crippen molar-refractivity contribution in [3.05, 3.63) is 35.6 Å². The number of ketones is 1. The molecule has 3 heteroatoms. The van der Waals surface area contributed by atoms with Gasteiger partial charge in [0, 0.05) is 6.61 Å². The van der Waals surface area contributed by atoms with Crippen LogP contribution in [-0.2, 0) is 4.74 Å². The van der Waals surface area contributed by atoms with Gasteiger partial charge in [-0.2, -0.15) is 0 Å². The third kappa shape index (κ3) is 2.89. The number of halogens is 1. The molecule has 1 atom stereocenters. The van der Waals surface area contributed by atoms with Crippen molar-refractivity contribution < 1.29 is 13.9 Å². The summed E-state index contributed by atoms with van der Waals surface area (Å²) in [6, 6.07) is 6.00. The number of hydrogen-bond acceptors (Lipinski definition) is 2. The summed E-state index contributed by atoms with van der Waals surface area (Å²) < 4.78 is 18.8. The Morgan fingerprint density at radius 3 is 2.50 bits per heavy atom. The fourth-order valence-electron chi connectivity index (χ4n) is 1.56. The van der Waals surface area contributed by atoms with E-state index in [1.165, 1.54) is 12.1 Å². The molecular weight excluding hydrogens is 207 g/mol. The number of carbonyl (C=O) groups excluding carboxylic acids is 1. The van der Waals surface area contributed by atoms with Crippen molar-refractivity contribution in [1.82, 2.24) is 0 Å². The lowest BCUT2D eigenvalue weighted by Crippen LogP contribution is -2.30. The molecule has 0 saturated carbocycles. The molecule has 0 aromatic heterocycles. The largest absolute Gasteiger partial charge is 0.370 e. The monoisotopic (exact) mass is 224 g/mol. The highest BCUT2D eigenvalue weighted by Crippen LogP contribution is 2.16. The van der Waals surface area contributed by atoms with Crippen LogP contribution in [0.15, 0.2) is 24.3 Å². The normalized spacial score (nSPS) is 12.8. The predicted molar refractivity (Wildman–Crippen MR) is 61.0 cm³/mol. The molecule has 16 heavy (non-hydrogen) atoms. The van der Waals surface area contributed by atoms with Crippen LogP contribution in [-0.4, -0.2) is 18.5 Å². The molecule has 2 nitrogen and oxygen atoms in total. The van der Waals surface area contributed by atoms with Gasteiger partial charge in [-0.25, -0.2) is 4.39 Å². The maximum atomic E-state index is 13.4. The Labute approximate surface area is 95.4 Å². The molecule has 0 fully saturated rings. The number of benzene rings is 1. The van der Waals surface area contributed by atoms with E-state index in [1.807, 2.05) is 20.8 Å². The molecule has 0 heterocycles. The van der Waals surface area contributed by atoms with Crippen molar-refractivity contribution in [3.63, 3.8) is 0 Å². The Balaban J connectivity index is 2.95. The Hall–Kier alpha value is -1.22.